The summed E-state index contributed by atoms with van der Waals surface area (Å²) in [6, 6.07) is 11.1. The van der Waals surface area contributed by atoms with Crippen LogP contribution >= 0.6 is 0 Å². The Morgan fingerprint density at radius 2 is 1.70 bits per heavy atom. The summed E-state index contributed by atoms with van der Waals surface area (Å²) in [5.74, 6) is -1.73. The molecule has 0 saturated carbocycles. The van der Waals surface area contributed by atoms with Gasteiger partial charge in [-0.2, -0.15) is 0 Å². The first-order valence-corrected chi connectivity index (χ1v) is 10.1. The molecule has 3 aromatic rings. The average Bonchev–Trinajstić information content (AvgIpc) is 3.06. The van der Waals surface area contributed by atoms with Gasteiger partial charge in [-0.25, -0.2) is 14.0 Å². The second-order valence-corrected chi connectivity index (χ2v) is 7.52. The molecule has 0 aliphatic carbocycles. The lowest BCUT2D eigenvalue weighted by Gasteiger charge is -2.36. The van der Waals surface area contributed by atoms with E-state index in [1.54, 1.807) is 10.6 Å². The van der Waals surface area contributed by atoms with Crippen LogP contribution in [0.1, 0.15) is 23.2 Å². The van der Waals surface area contributed by atoms with Gasteiger partial charge in [0, 0.05) is 38.4 Å². The molecular formula is C22H24FN3O4. The number of halogens is 1. The summed E-state index contributed by atoms with van der Waals surface area (Å²) in [5, 5.41) is 9.06. The molecule has 0 amide bonds. The van der Waals surface area contributed by atoms with Gasteiger partial charge in [-0.1, -0.05) is 0 Å². The van der Waals surface area contributed by atoms with E-state index < -0.39 is 11.7 Å². The van der Waals surface area contributed by atoms with Crippen LogP contribution < -0.4 is 10.7 Å². The maximum atomic E-state index is 13.1. The van der Waals surface area contributed by atoms with Gasteiger partial charge >= 0.3 is 11.7 Å². The number of carboxylic acid groups (broad SMARTS) is 1. The molecule has 1 aliphatic heterocycles. The van der Waals surface area contributed by atoms with Crippen molar-refractivity contribution in [2.75, 3.05) is 37.6 Å². The number of carbonyl (C=O) groups is 1. The number of aromatic carboxylic acids is 1. The van der Waals surface area contributed by atoms with Gasteiger partial charge in [0.25, 0.3) is 0 Å². The van der Waals surface area contributed by atoms with Crippen LogP contribution in [0.2, 0.25) is 0 Å². The highest BCUT2D eigenvalue weighted by atomic mass is 19.1. The van der Waals surface area contributed by atoms with Gasteiger partial charge in [0.15, 0.2) is 5.58 Å². The molecule has 1 aliphatic rings. The molecule has 0 radical (unpaired) electrons. The minimum atomic E-state index is -1.05. The summed E-state index contributed by atoms with van der Waals surface area (Å²) < 4.78 is 19.8. The molecule has 0 unspecified atom stereocenters. The van der Waals surface area contributed by atoms with Crippen LogP contribution in [0.5, 0.6) is 0 Å². The Morgan fingerprint density at radius 3 is 2.40 bits per heavy atom. The summed E-state index contributed by atoms with van der Waals surface area (Å²) in [7, 11) is 0. The number of hydrogen-bond acceptors (Lipinski definition) is 5. The fourth-order valence-corrected chi connectivity index (χ4v) is 3.90. The van der Waals surface area contributed by atoms with Gasteiger partial charge in [0.2, 0.25) is 0 Å². The molecule has 8 heteroatoms. The van der Waals surface area contributed by atoms with Crippen LogP contribution in [-0.2, 0) is 6.54 Å². The van der Waals surface area contributed by atoms with Crippen LogP contribution in [0.4, 0.5) is 10.1 Å². The number of nitrogens with zero attached hydrogens (tertiary/aromatic N) is 3. The molecule has 1 N–H and O–H groups in total. The number of aryl methyl sites for hydroxylation is 1. The monoisotopic (exact) mass is 413 g/mol. The summed E-state index contributed by atoms with van der Waals surface area (Å²) in [6.45, 7) is 5.19. The highest BCUT2D eigenvalue weighted by molar-refractivity contribution is 5.91. The molecule has 0 spiro atoms. The number of carboxylic acids is 1. The van der Waals surface area contributed by atoms with E-state index in [2.05, 4.69) is 9.80 Å². The Hall–Kier alpha value is -3.13. The lowest BCUT2D eigenvalue weighted by atomic mass is 10.2. The van der Waals surface area contributed by atoms with E-state index in [0.29, 0.717) is 17.6 Å². The lowest BCUT2D eigenvalue weighted by Crippen LogP contribution is -2.46. The van der Waals surface area contributed by atoms with Crippen LogP contribution in [0.15, 0.2) is 51.7 Å². The molecule has 0 bridgehead atoms. The van der Waals surface area contributed by atoms with Gasteiger partial charge in [-0.15, -0.1) is 0 Å². The van der Waals surface area contributed by atoms with Crippen LogP contribution in [0.3, 0.4) is 0 Å². The van der Waals surface area contributed by atoms with Crippen molar-refractivity contribution >= 4 is 22.8 Å². The Morgan fingerprint density at radius 1 is 1.00 bits per heavy atom. The average molecular weight is 413 g/mol. The zero-order valence-electron chi connectivity index (χ0n) is 16.6. The van der Waals surface area contributed by atoms with E-state index in [9.17, 15) is 14.0 Å². The van der Waals surface area contributed by atoms with E-state index in [-0.39, 0.29) is 11.4 Å². The molecule has 1 saturated heterocycles. The van der Waals surface area contributed by atoms with Crippen molar-refractivity contribution in [2.24, 2.45) is 0 Å². The van der Waals surface area contributed by atoms with E-state index in [4.69, 9.17) is 9.52 Å². The normalized spacial score (nSPS) is 15.0. The Labute approximate surface area is 172 Å². The van der Waals surface area contributed by atoms with E-state index in [0.717, 1.165) is 51.3 Å². The van der Waals surface area contributed by atoms with Crippen LogP contribution in [0, 0.1) is 5.82 Å². The van der Waals surface area contributed by atoms with Gasteiger partial charge in [-0.05, 0) is 61.9 Å². The molecule has 4 rings (SSSR count). The largest absolute Gasteiger partial charge is 0.478 e. The van der Waals surface area contributed by atoms with Gasteiger partial charge < -0.3 is 14.4 Å². The highest BCUT2D eigenvalue weighted by Gasteiger charge is 2.17. The number of aromatic nitrogens is 1. The molecule has 2 heterocycles. The highest BCUT2D eigenvalue weighted by Crippen LogP contribution is 2.18. The van der Waals surface area contributed by atoms with Gasteiger partial charge in [0.05, 0.1) is 11.1 Å². The van der Waals surface area contributed by atoms with Gasteiger partial charge in [0.1, 0.15) is 5.82 Å². The minimum Gasteiger partial charge on any atom is -0.478 e. The summed E-state index contributed by atoms with van der Waals surface area (Å²) in [5.41, 5.74) is 2.08. The number of oxazole rings is 1. The SMILES string of the molecule is O=C(O)c1ccc2c(c1)oc(=O)n2CCCCN1CCN(c2ccc(F)cc2)CC1. The Kier molecular flexibility index (Phi) is 5.85. The molecule has 1 fully saturated rings. The maximum Gasteiger partial charge on any atom is 0.419 e. The topological polar surface area (TPSA) is 78.9 Å². The number of fused-ring (bicyclic) bond motifs is 1. The van der Waals surface area contributed by atoms with Crippen molar-refractivity contribution in [2.45, 2.75) is 19.4 Å². The smallest absolute Gasteiger partial charge is 0.419 e. The Bertz CT molecular complexity index is 1080. The van der Waals surface area contributed by atoms with E-state index in [1.165, 1.54) is 24.3 Å². The predicted octanol–water partition coefficient (Wildman–Crippen LogP) is 3.03. The molecule has 158 valence electrons. The van der Waals surface area contributed by atoms with Crippen LogP contribution in [-0.4, -0.2) is 53.3 Å². The molecule has 7 nitrogen and oxygen atoms in total. The second kappa shape index (κ2) is 8.71. The lowest BCUT2D eigenvalue weighted by molar-refractivity contribution is 0.0697. The molecule has 2 aromatic carbocycles. The molecule has 30 heavy (non-hydrogen) atoms. The van der Waals surface area contributed by atoms with Crippen molar-refractivity contribution in [3.63, 3.8) is 0 Å². The van der Waals surface area contributed by atoms with Crippen LogP contribution in [0.25, 0.3) is 11.1 Å². The third kappa shape index (κ3) is 4.38. The summed E-state index contributed by atoms with van der Waals surface area (Å²) >= 11 is 0. The van der Waals surface area contributed by atoms with Crippen molar-refractivity contribution in [3.8, 4) is 0 Å². The quantitative estimate of drug-likeness (QED) is 0.600. The number of piperazine rings is 1. The first-order chi connectivity index (χ1) is 14.5. The second-order valence-electron chi connectivity index (χ2n) is 7.52. The van der Waals surface area contributed by atoms with Crippen molar-refractivity contribution < 1.29 is 18.7 Å². The minimum absolute atomic E-state index is 0.100. The molecule has 0 atom stereocenters. The fourth-order valence-electron chi connectivity index (χ4n) is 3.90. The Balaban J connectivity index is 1.26. The zero-order chi connectivity index (χ0) is 21.1. The van der Waals surface area contributed by atoms with E-state index in [1.807, 2.05) is 12.1 Å². The van der Waals surface area contributed by atoms with Gasteiger partial charge in [-0.3, -0.25) is 9.47 Å². The number of hydrogen-bond donors (Lipinski definition) is 1. The number of unbranched alkanes of at least 4 members (excludes halogenated alkanes) is 1. The van der Waals surface area contributed by atoms with Crippen molar-refractivity contribution in [3.05, 3.63) is 64.4 Å². The molecular weight excluding hydrogens is 389 g/mol. The van der Waals surface area contributed by atoms with E-state index >= 15 is 0 Å². The van der Waals surface area contributed by atoms with Crippen molar-refractivity contribution in [1.82, 2.24) is 9.47 Å². The number of benzene rings is 2. The molecule has 1 aromatic heterocycles. The predicted molar refractivity (Wildman–Crippen MR) is 112 cm³/mol. The first-order valence-electron chi connectivity index (χ1n) is 10.1. The van der Waals surface area contributed by atoms with Crippen molar-refractivity contribution in [1.29, 1.82) is 0 Å². The summed E-state index contributed by atoms with van der Waals surface area (Å²) in [4.78, 5) is 27.8. The third-order valence-electron chi connectivity index (χ3n) is 5.59. The fraction of sp³-hybridized carbons (Fsp3) is 0.364. The summed E-state index contributed by atoms with van der Waals surface area (Å²) in [6.07, 6.45) is 1.77. The number of anilines is 1. The standard InChI is InChI=1S/C22H24FN3O4/c23-17-4-6-18(7-5-17)25-13-11-24(12-14-25)9-1-2-10-26-19-8-3-16(21(27)28)15-20(19)30-22(26)29/h3-8,15H,1-2,9-14H2,(H,27,28). The zero-order valence-corrected chi connectivity index (χ0v) is 16.6. The number of rotatable bonds is 7. The first kappa shape index (κ1) is 20.2. The third-order valence-corrected chi connectivity index (χ3v) is 5.59. The maximum absolute atomic E-state index is 13.1.